The van der Waals surface area contributed by atoms with Gasteiger partial charge in [0.05, 0.1) is 0 Å². The van der Waals surface area contributed by atoms with Crippen LogP contribution in [0.25, 0.3) is 5.65 Å². The van der Waals surface area contributed by atoms with Crippen LogP contribution in [-0.4, -0.2) is 40.1 Å². The third kappa shape index (κ3) is 2.30. The minimum atomic E-state index is 0.595. The van der Waals surface area contributed by atoms with Crippen molar-refractivity contribution >= 4 is 11.5 Å². The van der Waals surface area contributed by atoms with E-state index >= 15 is 0 Å². The highest BCUT2D eigenvalue weighted by Crippen LogP contribution is 2.31. The maximum absolute atomic E-state index is 5.62. The fraction of sp³-hybridized carbons (Fsp3) is 0.267. The summed E-state index contributed by atoms with van der Waals surface area (Å²) in [4.78, 5) is 2.06. The van der Waals surface area contributed by atoms with Gasteiger partial charge in [-0.25, -0.2) is 0 Å². The summed E-state index contributed by atoms with van der Waals surface area (Å²) < 4.78 is 12.8. The third-order valence-electron chi connectivity index (χ3n) is 3.57. The first kappa shape index (κ1) is 12.9. The largest absolute Gasteiger partial charge is 0.486 e. The first-order valence-corrected chi connectivity index (χ1v) is 7.06. The fourth-order valence-electron chi connectivity index (χ4n) is 2.46. The van der Waals surface area contributed by atoms with Gasteiger partial charge in [-0.2, -0.15) is 4.52 Å². The van der Waals surface area contributed by atoms with Gasteiger partial charge in [0.15, 0.2) is 17.1 Å². The molecule has 1 aliphatic heterocycles. The molecule has 4 rings (SSSR count). The van der Waals surface area contributed by atoms with E-state index in [1.54, 1.807) is 10.8 Å². The predicted molar refractivity (Wildman–Crippen MR) is 80.3 cm³/mol. The fourth-order valence-corrected chi connectivity index (χ4v) is 2.46. The van der Waals surface area contributed by atoms with Crippen LogP contribution in [0.15, 0.2) is 36.7 Å². The Morgan fingerprint density at radius 2 is 2.00 bits per heavy atom. The van der Waals surface area contributed by atoms with Crippen molar-refractivity contribution in [2.75, 3.05) is 25.2 Å². The molecule has 1 aliphatic rings. The third-order valence-corrected chi connectivity index (χ3v) is 3.57. The second-order valence-corrected chi connectivity index (χ2v) is 5.16. The van der Waals surface area contributed by atoms with Crippen LogP contribution in [0.1, 0.15) is 5.56 Å². The molecule has 3 heterocycles. The van der Waals surface area contributed by atoms with E-state index in [2.05, 4.69) is 20.2 Å². The van der Waals surface area contributed by atoms with Crippen LogP contribution in [0.4, 0.5) is 5.82 Å². The van der Waals surface area contributed by atoms with Crippen molar-refractivity contribution in [2.24, 2.45) is 0 Å². The molecule has 0 aliphatic carbocycles. The van der Waals surface area contributed by atoms with Crippen molar-refractivity contribution in [2.45, 2.75) is 6.54 Å². The SMILES string of the molecule is CN(Cc1ccc2c(c1)OCCO2)c1ccc2nncn2n1. The van der Waals surface area contributed by atoms with Crippen molar-refractivity contribution in [1.82, 2.24) is 19.8 Å². The molecule has 0 N–H and O–H groups in total. The Labute approximate surface area is 127 Å². The van der Waals surface area contributed by atoms with Crippen LogP contribution in [0.3, 0.4) is 0 Å². The summed E-state index contributed by atoms with van der Waals surface area (Å²) in [6, 6.07) is 9.84. The van der Waals surface area contributed by atoms with Crippen LogP contribution in [-0.2, 0) is 6.54 Å². The van der Waals surface area contributed by atoms with Crippen molar-refractivity contribution in [3.8, 4) is 11.5 Å². The van der Waals surface area contributed by atoms with Crippen molar-refractivity contribution in [3.63, 3.8) is 0 Å². The van der Waals surface area contributed by atoms with E-state index in [0.29, 0.717) is 13.2 Å². The van der Waals surface area contributed by atoms with Crippen molar-refractivity contribution < 1.29 is 9.47 Å². The molecular formula is C15H15N5O2. The number of benzene rings is 1. The number of hydrogen-bond donors (Lipinski definition) is 0. The van der Waals surface area contributed by atoms with E-state index in [-0.39, 0.29) is 0 Å². The summed E-state index contributed by atoms with van der Waals surface area (Å²) >= 11 is 0. The summed E-state index contributed by atoms with van der Waals surface area (Å²) in [5.74, 6) is 2.46. The molecule has 7 nitrogen and oxygen atoms in total. The lowest BCUT2D eigenvalue weighted by molar-refractivity contribution is 0.171. The summed E-state index contributed by atoms with van der Waals surface area (Å²) in [6.07, 6.45) is 1.59. The molecule has 22 heavy (non-hydrogen) atoms. The average Bonchev–Trinajstić information content (AvgIpc) is 3.02. The number of fused-ring (bicyclic) bond motifs is 2. The van der Waals surface area contributed by atoms with E-state index < -0.39 is 0 Å². The molecule has 0 fully saturated rings. The zero-order valence-electron chi connectivity index (χ0n) is 12.1. The van der Waals surface area contributed by atoms with Gasteiger partial charge in [0.25, 0.3) is 0 Å². The van der Waals surface area contributed by atoms with Gasteiger partial charge in [-0.15, -0.1) is 15.3 Å². The molecule has 0 saturated carbocycles. The lowest BCUT2D eigenvalue weighted by Crippen LogP contribution is -2.19. The minimum Gasteiger partial charge on any atom is -0.486 e. The standard InChI is InChI=1S/C15H15N5O2/c1-19(15-5-4-14-17-16-10-20(14)18-15)9-11-2-3-12-13(8-11)22-7-6-21-12/h2-5,8,10H,6-7,9H2,1H3. The van der Waals surface area contributed by atoms with Crippen molar-refractivity contribution in [3.05, 3.63) is 42.2 Å². The van der Waals surface area contributed by atoms with Gasteiger partial charge in [0.1, 0.15) is 25.4 Å². The first-order chi connectivity index (χ1) is 10.8. The van der Waals surface area contributed by atoms with Crippen molar-refractivity contribution in [1.29, 1.82) is 0 Å². The molecule has 1 aromatic carbocycles. The average molecular weight is 297 g/mol. The molecular weight excluding hydrogens is 282 g/mol. The molecule has 0 radical (unpaired) electrons. The Hall–Kier alpha value is -2.83. The number of nitrogens with zero attached hydrogens (tertiary/aromatic N) is 5. The summed E-state index contributed by atoms with van der Waals surface area (Å²) in [7, 11) is 2.00. The van der Waals surface area contributed by atoms with Crippen LogP contribution >= 0.6 is 0 Å². The lowest BCUT2D eigenvalue weighted by Gasteiger charge is -2.21. The number of hydrogen-bond acceptors (Lipinski definition) is 6. The smallest absolute Gasteiger partial charge is 0.177 e. The maximum Gasteiger partial charge on any atom is 0.177 e. The van der Waals surface area contributed by atoms with Gasteiger partial charge in [0, 0.05) is 13.6 Å². The maximum atomic E-state index is 5.62. The highest BCUT2D eigenvalue weighted by atomic mass is 16.6. The van der Waals surface area contributed by atoms with Gasteiger partial charge < -0.3 is 14.4 Å². The second kappa shape index (κ2) is 5.18. The van der Waals surface area contributed by atoms with Crippen LogP contribution in [0.5, 0.6) is 11.5 Å². The number of ether oxygens (including phenoxy) is 2. The second-order valence-electron chi connectivity index (χ2n) is 5.16. The molecule has 112 valence electrons. The Morgan fingerprint density at radius 1 is 1.14 bits per heavy atom. The predicted octanol–water partition coefficient (Wildman–Crippen LogP) is 1.53. The first-order valence-electron chi connectivity index (χ1n) is 7.06. The van der Waals surface area contributed by atoms with E-state index in [4.69, 9.17) is 9.47 Å². The Bertz CT molecular complexity index is 817. The van der Waals surface area contributed by atoms with Gasteiger partial charge in [-0.05, 0) is 29.8 Å². The van der Waals surface area contributed by atoms with Crippen LogP contribution in [0.2, 0.25) is 0 Å². The monoisotopic (exact) mass is 297 g/mol. The molecule has 0 bridgehead atoms. The molecule has 2 aromatic heterocycles. The van der Waals surface area contributed by atoms with Crippen LogP contribution in [0, 0.1) is 0 Å². The number of anilines is 1. The molecule has 0 saturated heterocycles. The zero-order valence-corrected chi connectivity index (χ0v) is 12.1. The van der Waals surface area contributed by atoms with Gasteiger partial charge in [-0.3, -0.25) is 0 Å². The van der Waals surface area contributed by atoms with E-state index in [0.717, 1.165) is 35.1 Å². The Balaban J connectivity index is 1.56. The highest BCUT2D eigenvalue weighted by molar-refractivity contribution is 5.47. The zero-order chi connectivity index (χ0) is 14.9. The summed E-state index contributed by atoms with van der Waals surface area (Å²) in [5.41, 5.74) is 1.87. The van der Waals surface area contributed by atoms with Gasteiger partial charge in [0.2, 0.25) is 0 Å². The Kier molecular flexibility index (Phi) is 3.03. The quantitative estimate of drug-likeness (QED) is 0.730. The highest BCUT2D eigenvalue weighted by Gasteiger charge is 2.13. The topological polar surface area (TPSA) is 64.8 Å². The lowest BCUT2D eigenvalue weighted by atomic mass is 10.2. The number of aromatic nitrogens is 4. The minimum absolute atomic E-state index is 0.595. The van der Waals surface area contributed by atoms with E-state index in [1.807, 2.05) is 37.4 Å². The molecule has 0 spiro atoms. The van der Waals surface area contributed by atoms with Gasteiger partial charge >= 0.3 is 0 Å². The summed E-state index contributed by atoms with van der Waals surface area (Å²) in [6.45, 7) is 1.92. The number of rotatable bonds is 3. The molecule has 0 unspecified atom stereocenters. The van der Waals surface area contributed by atoms with E-state index in [1.165, 1.54) is 0 Å². The molecule has 3 aromatic rings. The van der Waals surface area contributed by atoms with Crippen LogP contribution < -0.4 is 14.4 Å². The Morgan fingerprint density at radius 3 is 2.91 bits per heavy atom. The molecule has 0 atom stereocenters. The molecule has 7 heteroatoms. The van der Waals surface area contributed by atoms with Gasteiger partial charge in [-0.1, -0.05) is 6.07 Å². The normalized spacial score (nSPS) is 13.3. The summed E-state index contributed by atoms with van der Waals surface area (Å²) in [5, 5.41) is 12.3. The van der Waals surface area contributed by atoms with E-state index in [9.17, 15) is 0 Å². The molecule has 0 amide bonds.